The predicted molar refractivity (Wildman–Crippen MR) is 61.8 cm³/mol. The van der Waals surface area contributed by atoms with Gasteiger partial charge in [-0.3, -0.25) is 14.3 Å². The lowest BCUT2D eigenvalue weighted by Crippen LogP contribution is -2.31. The van der Waals surface area contributed by atoms with Crippen LogP contribution in [-0.2, 0) is 13.6 Å². The molecule has 18 heavy (non-hydrogen) atoms. The van der Waals surface area contributed by atoms with Crippen molar-refractivity contribution < 1.29 is 4.79 Å². The summed E-state index contributed by atoms with van der Waals surface area (Å²) in [6.07, 6.45) is 3.04. The maximum absolute atomic E-state index is 11.6. The van der Waals surface area contributed by atoms with Gasteiger partial charge in [0, 0.05) is 25.9 Å². The monoisotopic (exact) mass is 248 g/mol. The zero-order valence-corrected chi connectivity index (χ0v) is 9.78. The van der Waals surface area contributed by atoms with Gasteiger partial charge in [-0.15, -0.1) is 5.10 Å². The molecule has 0 unspecified atom stereocenters. The molecule has 2 aromatic rings. The van der Waals surface area contributed by atoms with Crippen molar-refractivity contribution in [1.82, 2.24) is 30.1 Å². The van der Waals surface area contributed by atoms with Crippen LogP contribution in [-0.4, -0.2) is 37.2 Å². The Hall–Kier alpha value is -2.51. The number of carbonyl (C=O) groups is 1. The van der Waals surface area contributed by atoms with Crippen LogP contribution in [0.1, 0.15) is 10.5 Å². The zero-order valence-electron chi connectivity index (χ0n) is 9.78. The topological polar surface area (TPSA) is 94.7 Å². The molecule has 1 N–H and O–H groups in total. The van der Waals surface area contributed by atoms with Crippen molar-refractivity contribution >= 4 is 5.91 Å². The van der Waals surface area contributed by atoms with Crippen molar-refractivity contribution in [2.45, 2.75) is 6.54 Å². The molecule has 0 saturated carbocycles. The highest BCUT2D eigenvalue weighted by Crippen LogP contribution is 1.90. The third-order valence-corrected chi connectivity index (χ3v) is 2.23. The van der Waals surface area contributed by atoms with Gasteiger partial charge in [0.25, 0.3) is 11.5 Å². The molecular weight excluding hydrogens is 236 g/mol. The number of carbonyl (C=O) groups excluding carboxylic acids is 1. The average Bonchev–Trinajstić information content (AvgIpc) is 2.78. The fourth-order valence-corrected chi connectivity index (χ4v) is 1.37. The summed E-state index contributed by atoms with van der Waals surface area (Å²) in [5, 5.41) is 13.8. The summed E-state index contributed by atoms with van der Waals surface area (Å²) in [4.78, 5) is 22.9. The Morgan fingerprint density at radius 1 is 1.50 bits per heavy atom. The van der Waals surface area contributed by atoms with Gasteiger partial charge in [0.2, 0.25) is 0 Å². The van der Waals surface area contributed by atoms with Crippen LogP contribution in [0.3, 0.4) is 0 Å². The number of hydrogen-bond acceptors (Lipinski definition) is 5. The second-order valence-electron chi connectivity index (χ2n) is 3.62. The van der Waals surface area contributed by atoms with Crippen LogP contribution in [0.25, 0.3) is 0 Å². The number of amides is 1. The Bertz CT molecular complexity index is 602. The minimum Gasteiger partial charge on any atom is -0.349 e. The van der Waals surface area contributed by atoms with E-state index in [4.69, 9.17) is 0 Å². The molecular formula is C10H12N6O2. The molecule has 8 heteroatoms. The maximum atomic E-state index is 11.6. The highest BCUT2D eigenvalue weighted by atomic mass is 16.2. The first-order valence-corrected chi connectivity index (χ1v) is 5.33. The molecule has 0 aliphatic heterocycles. The van der Waals surface area contributed by atoms with E-state index in [1.54, 1.807) is 13.1 Å². The normalized spacial score (nSPS) is 10.3. The van der Waals surface area contributed by atoms with Crippen LogP contribution in [0.2, 0.25) is 0 Å². The lowest BCUT2D eigenvalue weighted by molar-refractivity contribution is 0.0946. The molecule has 0 saturated heterocycles. The number of rotatable bonds is 4. The molecule has 2 rings (SSSR count). The molecule has 0 spiro atoms. The summed E-state index contributed by atoms with van der Waals surface area (Å²) in [6.45, 7) is 0.609. The van der Waals surface area contributed by atoms with Crippen LogP contribution < -0.4 is 10.9 Å². The van der Waals surface area contributed by atoms with Gasteiger partial charge in [-0.05, 0) is 6.07 Å². The first-order valence-electron chi connectivity index (χ1n) is 5.33. The quantitative estimate of drug-likeness (QED) is 0.733. The van der Waals surface area contributed by atoms with Crippen molar-refractivity contribution in [2.24, 2.45) is 7.05 Å². The Morgan fingerprint density at radius 3 is 3.00 bits per heavy atom. The SMILES string of the molecule is Cn1cc(C(=O)NCCn2ncccc2=O)nn1. The smallest absolute Gasteiger partial charge is 0.273 e. The van der Waals surface area contributed by atoms with E-state index in [-0.39, 0.29) is 17.2 Å². The summed E-state index contributed by atoms with van der Waals surface area (Å²) in [6, 6.07) is 2.98. The highest BCUT2D eigenvalue weighted by molar-refractivity contribution is 5.91. The summed E-state index contributed by atoms with van der Waals surface area (Å²) in [5.74, 6) is -0.327. The number of nitrogens with one attached hydrogen (secondary N) is 1. The van der Waals surface area contributed by atoms with E-state index >= 15 is 0 Å². The van der Waals surface area contributed by atoms with E-state index in [0.29, 0.717) is 13.1 Å². The van der Waals surface area contributed by atoms with Gasteiger partial charge in [0.05, 0.1) is 12.7 Å². The van der Waals surface area contributed by atoms with E-state index < -0.39 is 0 Å². The van der Waals surface area contributed by atoms with E-state index in [2.05, 4.69) is 20.7 Å². The minimum atomic E-state index is -0.327. The average molecular weight is 248 g/mol. The Balaban J connectivity index is 1.88. The molecule has 0 atom stereocenters. The Morgan fingerprint density at radius 2 is 2.33 bits per heavy atom. The standard InChI is InChI=1S/C10H12N6O2/c1-15-7-8(13-14-15)10(18)11-5-6-16-9(17)3-2-4-12-16/h2-4,7H,5-6H2,1H3,(H,11,18). The minimum absolute atomic E-state index is 0.203. The summed E-state index contributed by atoms with van der Waals surface area (Å²) < 4.78 is 2.72. The van der Waals surface area contributed by atoms with Gasteiger partial charge in [-0.2, -0.15) is 5.10 Å². The van der Waals surface area contributed by atoms with E-state index in [1.165, 1.54) is 27.8 Å². The van der Waals surface area contributed by atoms with Gasteiger partial charge in [0.1, 0.15) is 0 Å². The van der Waals surface area contributed by atoms with Crippen molar-refractivity contribution in [3.8, 4) is 0 Å². The molecule has 2 heterocycles. The van der Waals surface area contributed by atoms with E-state index in [1.807, 2.05) is 0 Å². The molecule has 0 radical (unpaired) electrons. The predicted octanol–water partition coefficient (Wildman–Crippen LogP) is -1.20. The number of aromatic nitrogens is 5. The summed E-state index contributed by atoms with van der Waals surface area (Å²) in [5.41, 5.74) is 0.0390. The van der Waals surface area contributed by atoms with Crippen molar-refractivity contribution in [1.29, 1.82) is 0 Å². The molecule has 94 valence electrons. The second kappa shape index (κ2) is 5.21. The fraction of sp³-hybridized carbons (Fsp3) is 0.300. The van der Waals surface area contributed by atoms with Gasteiger partial charge in [0.15, 0.2) is 5.69 Å². The fourth-order valence-electron chi connectivity index (χ4n) is 1.37. The molecule has 0 aliphatic rings. The number of nitrogens with zero attached hydrogens (tertiary/aromatic N) is 5. The Kier molecular flexibility index (Phi) is 3.46. The van der Waals surface area contributed by atoms with Crippen LogP contribution in [0.4, 0.5) is 0 Å². The molecule has 0 aliphatic carbocycles. The third kappa shape index (κ3) is 2.78. The van der Waals surface area contributed by atoms with Gasteiger partial charge in [-0.25, -0.2) is 4.68 Å². The first kappa shape index (κ1) is 12.0. The van der Waals surface area contributed by atoms with Crippen molar-refractivity contribution in [3.05, 3.63) is 40.6 Å². The van der Waals surface area contributed by atoms with Crippen LogP contribution in [0.15, 0.2) is 29.3 Å². The molecule has 8 nitrogen and oxygen atoms in total. The largest absolute Gasteiger partial charge is 0.349 e. The maximum Gasteiger partial charge on any atom is 0.273 e. The summed E-state index contributed by atoms with van der Waals surface area (Å²) in [7, 11) is 1.68. The van der Waals surface area contributed by atoms with Crippen LogP contribution >= 0.6 is 0 Å². The highest BCUT2D eigenvalue weighted by Gasteiger charge is 2.08. The summed E-state index contributed by atoms with van der Waals surface area (Å²) >= 11 is 0. The van der Waals surface area contributed by atoms with Gasteiger partial charge < -0.3 is 5.32 Å². The van der Waals surface area contributed by atoms with Gasteiger partial charge in [-0.1, -0.05) is 5.21 Å². The zero-order chi connectivity index (χ0) is 13.0. The molecule has 1 amide bonds. The van der Waals surface area contributed by atoms with Crippen LogP contribution in [0.5, 0.6) is 0 Å². The number of hydrogen-bond donors (Lipinski definition) is 1. The van der Waals surface area contributed by atoms with Gasteiger partial charge >= 0.3 is 0 Å². The number of aryl methyl sites for hydroxylation is 1. The van der Waals surface area contributed by atoms with Crippen molar-refractivity contribution in [2.75, 3.05) is 6.54 Å². The van der Waals surface area contributed by atoms with E-state index in [9.17, 15) is 9.59 Å². The Labute approximate surface area is 102 Å². The molecule has 0 fully saturated rings. The van der Waals surface area contributed by atoms with Crippen LogP contribution in [0, 0.1) is 0 Å². The lowest BCUT2D eigenvalue weighted by atomic mass is 10.4. The third-order valence-electron chi connectivity index (χ3n) is 2.23. The second-order valence-corrected chi connectivity index (χ2v) is 3.62. The molecule has 0 bridgehead atoms. The lowest BCUT2D eigenvalue weighted by Gasteiger charge is -2.04. The molecule has 0 aromatic carbocycles. The van der Waals surface area contributed by atoms with E-state index in [0.717, 1.165) is 0 Å². The van der Waals surface area contributed by atoms with Crippen molar-refractivity contribution in [3.63, 3.8) is 0 Å². The molecule has 2 aromatic heterocycles. The first-order chi connectivity index (χ1) is 8.66.